The molecule has 0 spiro atoms. The molecule has 0 saturated carbocycles. The van der Waals surface area contributed by atoms with E-state index >= 15 is 0 Å². The van der Waals surface area contributed by atoms with Gasteiger partial charge in [-0.15, -0.1) is 0 Å². The number of aryl methyl sites for hydroxylation is 1. The van der Waals surface area contributed by atoms with Crippen LogP contribution in [0.5, 0.6) is 11.5 Å². The van der Waals surface area contributed by atoms with Crippen LogP contribution < -0.4 is 5.32 Å². The van der Waals surface area contributed by atoms with Crippen LogP contribution in [0.4, 0.5) is 0 Å². The van der Waals surface area contributed by atoms with E-state index < -0.39 is 0 Å². The molecule has 0 amide bonds. The maximum absolute atomic E-state index is 9.78. The van der Waals surface area contributed by atoms with Gasteiger partial charge in [-0.05, 0) is 44.2 Å². The lowest BCUT2D eigenvalue weighted by molar-refractivity contribution is 0.440. The molecule has 1 unspecified atom stereocenters. The SMILES string of the molecule is Cc1cccc(CNC(C)c2cc(O)ccc2O)n1. The molecule has 0 aliphatic carbocycles. The Labute approximate surface area is 112 Å². The van der Waals surface area contributed by atoms with Gasteiger partial charge in [-0.2, -0.15) is 0 Å². The van der Waals surface area contributed by atoms with Crippen molar-refractivity contribution in [2.24, 2.45) is 0 Å². The maximum Gasteiger partial charge on any atom is 0.120 e. The van der Waals surface area contributed by atoms with Crippen LogP contribution in [0.2, 0.25) is 0 Å². The van der Waals surface area contributed by atoms with Gasteiger partial charge in [-0.3, -0.25) is 4.98 Å². The minimum atomic E-state index is -0.0746. The summed E-state index contributed by atoms with van der Waals surface area (Å²) in [5.74, 6) is 0.324. The minimum Gasteiger partial charge on any atom is -0.508 e. The van der Waals surface area contributed by atoms with E-state index in [9.17, 15) is 10.2 Å². The number of hydrogen-bond donors (Lipinski definition) is 3. The molecule has 1 aromatic heterocycles. The van der Waals surface area contributed by atoms with Gasteiger partial charge >= 0.3 is 0 Å². The van der Waals surface area contributed by atoms with Crippen molar-refractivity contribution >= 4 is 0 Å². The van der Waals surface area contributed by atoms with Crippen molar-refractivity contribution < 1.29 is 10.2 Å². The highest BCUT2D eigenvalue weighted by atomic mass is 16.3. The third kappa shape index (κ3) is 3.45. The number of rotatable bonds is 4. The third-order valence-electron chi connectivity index (χ3n) is 3.01. The van der Waals surface area contributed by atoms with Crippen LogP contribution in [-0.2, 0) is 6.54 Å². The lowest BCUT2D eigenvalue weighted by Gasteiger charge is -2.15. The quantitative estimate of drug-likeness (QED) is 0.738. The van der Waals surface area contributed by atoms with Crippen molar-refractivity contribution in [3.05, 3.63) is 53.3 Å². The Morgan fingerprint density at radius 1 is 1.21 bits per heavy atom. The molecule has 19 heavy (non-hydrogen) atoms. The van der Waals surface area contributed by atoms with Gasteiger partial charge in [-0.1, -0.05) is 6.07 Å². The summed E-state index contributed by atoms with van der Waals surface area (Å²) in [4.78, 5) is 4.40. The van der Waals surface area contributed by atoms with Crippen LogP contribution in [0.3, 0.4) is 0 Å². The normalized spacial score (nSPS) is 12.3. The maximum atomic E-state index is 9.78. The fraction of sp³-hybridized carbons (Fsp3) is 0.267. The van der Waals surface area contributed by atoms with Gasteiger partial charge in [0.25, 0.3) is 0 Å². The van der Waals surface area contributed by atoms with Gasteiger partial charge in [0, 0.05) is 23.8 Å². The number of phenolic OH excluding ortho intramolecular Hbond substituents is 2. The highest BCUT2D eigenvalue weighted by Crippen LogP contribution is 2.27. The molecule has 2 aromatic rings. The monoisotopic (exact) mass is 258 g/mol. The Morgan fingerprint density at radius 3 is 2.74 bits per heavy atom. The van der Waals surface area contributed by atoms with Gasteiger partial charge in [0.05, 0.1) is 5.69 Å². The zero-order valence-electron chi connectivity index (χ0n) is 11.1. The van der Waals surface area contributed by atoms with Gasteiger partial charge in [-0.25, -0.2) is 0 Å². The van der Waals surface area contributed by atoms with Gasteiger partial charge in [0.1, 0.15) is 11.5 Å². The smallest absolute Gasteiger partial charge is 0.120 e. The minimum absolute atomic E-state index is 0.0746. The van der Waals surface area contributed by atoms with Crippen molar-refractivity contribution in [2.75, 3.05) is 0 Å². The molecule has 0 radical (unpaired) electrons. The lowest BCUT2D eigenvalue weighted by atomic mass is 10.1. The third-order valence-corrected chi connectivity index (χ3v) is 3.01. The summed E-state index contributed by atoms with van der Waals surface area (Å²) in [5, 5.41) is 22.5. The van der Waals surface area contributed by atoms with Crippen molar-refractivity contribution in [1.29, 1.82) is 0 Å². The number of nitrogens with zero attached hydrogens (tertiary/aromatic N) is 1. The zero-order chi connectivity index (χ0) is 13.8. The molecule has 4 heteroatoms. The Morgan fingerprint density at radius 2 is 2.00 bits per heavy atom. The molecule has 0 aliphatic rings. The number of phenols is 2. The Kier molecular flexibility index (Phi) is 4.02. The Bertz CT molecular complexity index is 570. The van der Waals surface area contributed by atoms with Crippen molar-refractivity contribution in [1.82, 2.24) is 10.3 Å². The standard InChI is InChI=1S/C15H18N2O2/c1-10-4-3-5-12(17-10)9-16-11(2)14-8-13(18)6-7-15(14)19/h3-8,11,16,18-19H,9H2,1-2H3. The number of nitrogens with one attached hydrogen (secondary N) is 1. The second-order valence-electron chi connectivity index (χ2n) is 4.62. The topological polar surface area (TPSA) is 65.4 Å². The molecule has 4 nitrogen and oxygen atoms in total. The molecule has 3 N–H and O–H groups in total. The van der Waals surface area contributed by atoms with Crippen molar-refractivity contribution in [2.45, 2.75) is 26.4 Å². The van der Waals surface area contributed by atoms with Crippen LogP contribution in [0.25, 0.3) is 0 Å². The van der Waals surface area contributed by atoms with Gasteiger partial charge in [0.2, 0.25) is 0 Å². The molecule has 0 aliphatic heterocycles. The number of aromatic nitrogens is 1. The molecule has 1 heterocycles. The lowest BCUT2D eigenvalue weighted by Crippen LogP contribution is -2.19. The number of hydrogen-bond acceptors (Lipinski definition) is 4. The summed E-state index contributed by atoms with van der Waals surface area (Å²) in [7, 11) is 0. The van der Waals surface area contributed by atoms with E-state index in [1.807, 2.05) is 32.0 Å². The fourth-order valence-corrected chi connectivity index (χ4v) is 1.95. The van der Waals surface area contributed by atoms with Crippen molar-refractivity contribution in [3.8, 4) is 11.5 Å². The molecular weight excluding hydrogens is 240 g/mol. The summed E-state index contributed by atoms with van der Waals surface area (Å²) in [6.45, 7) is 4.50. The highest BCUT2D eigenvalue weighted by Gasteiger charge is 2.11. The molecule has 0 saturated heterocycles. The Balaban J connectivity index is 2.05. The summed E-state index contributed by atoms with van der Waals surface area (Å²) >= 11 is 0. The van der Waals surface area contributed by atoms with Crippen LogP contribution >= 0.6 is 0 Å². The van der Waals surface area contributed by atoms with E-state index in [0.717, 1.165) is 11.4 Å². The van der Waals surface area contributed by atoms with E-state index in [1.54, 1.807) is 6.07 Å². The molecule has 1 atom stereocenters. The second-order valence-corrected chi connectivity index (χ2v) is 4.62. The highest BCUT2D eigenvalue weighted by molar-refractivity contribution is 5.40. The summed E-state index contributed by atoms with van der Waals surface area (Å²) < 4.78 is 0. The first-order valence-electron chi connectivity index (χ1n) is 6.24. The predicted molar refractivity (Wildman–Crippen MR) is 74.0 cm³/mol. The van der Waals surface area contributed by atoms with E-state index in [-0.39, 0.29) is 17.5 Å². The molecule has 2 rings (SSSR count). The van der Waals surface area contributed by atoms with E-state index in [2.05, 4.69) is 10.3 Å². The van der Waals surface area contributed by atoms with Crippen LogP contribution in [0.15, 0.2) is 36.4 Å². The van der Waals surface area contributed by atoms with E-state index in [0.29, 0.717) is 12.1 Å². The van der Waals surface area contributed by atoms with Gasteiger partial charge in [0.15, 0.2) is 0 Å². The first kappa shape index (κ1) is 13.4. The number of benzene rings is 1. The summed E-state index contributed by atoms with van der Waals surface area (Å²) in [6, 6.07) is 10.3. The molecule has 0 fully saturated rings. The first-order valence-corrected chi connectivity index (χ1v) is 6.24. The molecule has 1 aromatic carbocycles. The van der Waals surface area contributed by atoms with E-state index in [1.165, 1.54) is 12.1 Å². The zero-order valence-corrected chi connectivity index (χ0v) is 11.1. The predicted octanol–water partition coefficient (Wildman–Crippen LogP) is 2.65. The second kappa shape index (κ2) is 5.71. The first-order chi connectivity index (χ1) is 9.06. The Hall–Kier alpha value is -2.07. The summed E-state index contributed by atoms with van der Waals surface area (Å²) in [6.07, 6.45) is 0. The van der Waals surface area contributed by atoms with Crippen LogP contribution in [0.1, 0.15) is 29.9 Å². The fourth-order valence-electron chi connectivity index (χ4n) is 1.95. The largest absolute Gasteiger partial charge is 0.508 e. The average molecular weight is 258 g/mol. The number of pyridine rings is 1. The van der Waals surface area contributed by atoms with E-state index in [4.69, 9.17) is 0 Å². The van der Waals surface area contributed by atoms with Crippen molar-refractivity contribution in [3.63, 3.8) is 0 Å². The number of aromatic hydroxyl groups is 2. The molecule has 100 valence electrons. The molecular formula is C15H18N2O2. The van der Waals surface area contributed by atoms with Crippen LogP contribution in [0, 0.1) is 6.92 Å². The summed E-state index contributed by atoms with van der Waals surface area (Å²) in [5.41, 5.74) is 2.60. The molecule has 0 bridgehead atoms. The van der Waals surface area contributed by atoms with Gasteiger partial charge < -0.3 is 15.5 Å². The average Bonchev–Trinajstić information content (AvgIpc) is 2.39. The van der Waals surface area contributed by atoms with Crippen LogP contribution in [-0.4, -0.2) is 15.2 Å².